The van der Waals surface area contributed by atoms with Crippen LogP contribution in [0.4, 0.5) is 20.2 Å². The third kappa shape index (κ3) is 8.39. The van der Waals surface area contributed by atoms with Gasteiger partial charge in [-0.1, -0.05) is 74.5 Å². The number of hydrogen-bond donors (Lipinski definition) is 0. The maximum Gasteiger partial charge on any atom is 0.239 e. The molecule has 3 fully saturated rings. The molecule has 13 heteroatoms. The van der Waals surface area contributed by atoms with Crippen molar-refractivity contribution in [2.45, 2.75) is 75.9 Å². The van der Waals surface area contributed by atoms with Gasteiger partial charge in [0.05, 0.1) is 36.3 Å². The zero-order valence-electron chi connectivity index (χ0n) is 39.0. The highest BCUT2D eigenvalue weighted by Gasteiger charge is 2.55. The zero-order valence-corrected chi connectivity index (χ0v) is 39.0. The predicted molar refractivity (Wildman–Crippen MR) is 256 cm³/mol. The van der Waals surface area contributed by atoms with Crippen molar-refractivity contribution in [3.8, 4) is 22.3 Å². The van der Waals surface area contributed by atoms with Crippen LogP contribution >= 0.6 is 0 Å². The van der Waals surface area contributed by atoms with Gasteiger partial charge in [0, 0.05) is 92.5 Å². The Kier molecular flexibility index (Phi) is 12.2. The van der Waals surface area contributed by atoms with E-state index in [1.165, 1.54) is 6.07 Å². The molecule has 6 aromatic rings. The van der Waals surface area contributed by atoms with E-state index in [0.29, 0.717) is 23.1 Å². The lowest BCUT2D eigenvalue weighted by Gasteiger charge is -2.43. The number of nitrogens with zero attached hydrogens (tertiary/aromatic N) is 8. The summed E-state index contributed by atoms with van der Waals surface area (Å²) in [5, 5.41) is 8.34. The van der Waals surface area contributed by atoms with E-state index < -0.39 is 10.8 Å². The Hall–Kier alpha value is -6.02. The molecule has 2 aromatic heterocycles. The first-order chi connectivity index (χ1) is 32.4. The van der Waals surface area contributed by atoms with Gasteiger partial charge in [0.15, 0.2) is 0 Å². The number of amides is 2. The predicted octanol–water partition coefficient (Wildman–Crippen LogP) is 8.66. The Balaban J connectivity index is 0.000000157. The lowest BCUT2D eigenvalue weighted by atomic mass is 9.73. The highest BCUT2D eigenvalue weighted by atomic mass is 19.1. The van der Waals surface area contributed by atoms with Crippen molar-refractivity contribution in [1.29, 1.82) is 0 Å². The molecule has 4 aromatic carbocycles. The van der Waals surface area contributed by atoms with Gasteiger partial charge < -0.3 is 24.3 Å². The highest BCUT2D eigenvalue weighted by Crippen LogP contribution is 2.50. The Morgan fingerprint density at radius 3 is 1.64 bits per heavy atom. The molecule has 0 bridgehead atoms. The summed E-state index contributed by atoms with van der Waals surface area (Å²) < 4.78 is 39.2. The standard InChI is InChI=1S/C28H31FN4O2.C26H29FN4O/c1-31-18-22(17-30-31)20-6-7-21(25(29)16-20)19-33-26-5-3-2-4-24(26)28(27(33)34)10-12-32(13-11-28)23-8-14-35-15-9-23;1-18(2)14-30-11-10-26(17-30)22-6-4-5-7-24(22)31(25(26)32)16-20-9-8-19(12-23(20)27)21-13-28-29(3)15-21/h2-7,16-18,23H,8-15,19H2,1H3;4-9,12-13,15,18H,10-11,14,16-17H2,1-3H3. The molecule has 1 unspecified atom stereocenters. The summed E-state index contributed by atoms with van der Waals surface area (Å²) in [5.41, 5.74) is 7.36. The van der Waals surface area contributed by atoms with Crippen molar-refractivity contribution in [2.24, 2.45) is 20.0 Å². The second-order valence-corrected chi connectivity index (χ2v) is 19.7. The van der Waals surface area contributed by atoms with Crippen LogP contribution in [0.25, 0.3) is 22.3 Å². The Morgan fingerprint density at radius 1 is 0.657 bits per heavy atom. The van der Waals surface area contributed by atoms with Gasteiger partial charge in [-0.15, -0.1) is 0 Å². The van der Waals surface area contributed by atoms with Gasteiger partial charge in [-0.25, -0.2) is 8.78 Å². The van der Waals surface area contributed by atoms with Crippen LogP contribution in [0, 0.1) is 17.6 Å². The summed E-state index contributed by atoms with van der Waals surface area (Å²) in [6.07, 6.45) is 11.7. The summed E-state index contributed by atoms with van der Waals surface area (Å²) in [4.78, 5) is 36.3. The first-order valence-electron chi connectivity index (χ1n) is 23.8. The van der Waals surface area contributed by atoms with Gasteiger partial charge in [-0.2, -0.15) is 10.2 Å². The van der Waals surface area contributed by atoms with E-state index in [0.717, 1.165) is 123 Å². The number of carbonyl (C=O) groups is 2. The topological polar surface area (TPSA) is 92.0 Å². The van der Waals surface area contributed by atoms with Crippen LogP contribution in [0.2, 0.25) is 0 Å². The number of anilines is 2. The van der Waals surface area contributed by atoms with Gasteiger partial charge in [0.25, 0.3) is 0 Å². The summed E-state index contributed by atoms with van der Waals surface area (Å²) in [6, 6.07) is 27.2. The second kappa shape index (κ2) is 18.2. The molecule has 11 nitrogen and oxygen atoms in total. The molecule has 0 radical (unpaired) electrons. The zero-order chi connectivity index (χ0) is 46.5. The number of ether oxygens (including phenoxy) is 1. The molecule has 0 aliphatic carbocycles. The van der Waals surface area contributed by atoms with Crippen LogP contribution < -0.4 is 9.80 Å². The van der Waals surface area contributed by atoms with Crippen molar-refractivity contribution in [3.05, 3.63) is 144 Å². The summed E-state index contributed by atoms with van der Waals surface area (Å²) in [7, 11) is 3.68. The molecule has 5 aliphatic rings. The fourth-order valence-electron chi connectivity index (χ4n) is 11.5. The van der Waals surface area contributed by atoms with Crippen LogP contribution in [0.3, 0.4) is 0 Å². The number of rotatable bonds is 9. The Labute approximate surface area is 391 Å². The van der Waals surface area contributed by atoms with E-state index in [1.807, 2.05) is 79.9 Å². The van der Waals surface area contributed by atoms with Gasteiger partial charge in [-0.3, -0.25) is 19.0 Å². The smallest absolute Gasteiger partial charge is 0.239 e. The molecule has 0 N–H and O–H groups in total. The first kappa shape index (κ1) is 44.8. The number of carbonyl (C=O) groups excluding carboxylic acids is 2. The number of halogens is 2. The van der Waals surface area contributed by atoms with Crippen LogP contribution in [0.5, 0.6) is 0 Å². The highest BCUT2D eigenvalue weighted by molar-refractivity contribution is 6.09. The molecule has 0 saturated carbocycles. The van der Waals surface area contributed by atoms with Crippen molar-refractivity contribution < 1.29 is 23.1 Å². The third-order valence-corrected chi connectivity index (χ3v) is 14.9. The van der Waals surface area contributed by atoms with Gasteiger partial charge in [-0.05, 0) is 104 Å². The Bertz CT molecular complexity index is 2790. The molecule has 3 saturated heterocycles. The summed E-state index contributed by atoms with van der Waals surface area (Å²) in [6.45, 7) is 11.0. The van der Waals surface area contributed by atoms with E-state index in [-0.39, 0.29) is 36.5 Å². The Morgan fingerprint density at radius 2 is 1.15 bits per heavy atom. The monoisotopic (exact) mass is 906 g/mol. The molecule has 1 atom stereocenters. The van der Waals surface area contributed by atoms with Gasteiger partial charge in [0.1, 0.15) is 11.6 Å². The lowest BCUT2D eigenvalue weighted by Crippen LogP contribution is -2.52. The number of benzene rings is 4. The summed E-state index contributed by atoms with van der Waals surface area (Å²) >= 11 is 0. The number of fused-ring (bicyclic) bond motifs is 4. The average Bonchev–Trinajstić information content (AvgIpc) is 4.17. The lowest BCUT2D eigenvalue weighted by molar-refractivity contribution is -0.125. The third-order valence-electron chi connectivity index (χ3n) is 14.9. The summed E-state index contributed by atoms with van der Waals surface area (Å²) in [5.74, 6) is 0.166. The molecular formula is C54H60F2N8O3. The van der Waals surface area contributed by atoms with Gasteiger partial charge >= 0.3 is 0 Å². The van der Waals surface area contributed by atoms with Crippen LogP contribution in [0.1, 0.15) is 68.2 Å². The molecule has 7 heterocycles. The number of hydrogen-bond acceptors (Lipinski definition) is 7. The number of likely N-dealkylation sites (tertiary alicyclic amines) is 2. The molecule has 5 aliphatic heterocycles. The minimum atomic E-state index is -0.516. The molecule has 67 heavy (non-hydrogen) atoms. The van der Waals surface area contributed by atoms with Crippen molar-refractivity contribution in [1.82, 2.24) is 29.4 Å². The van der Waals surface area contributed by atoms with Crippen LogP contribution in [0.15, 0.2) is 110 Å². The fraction of sp³-hybridized carbons (Fsp3) is 0.407. The first-order valence-corrected chi connectivity index (χ1v) is 23.8. The molecule has 348 valence electrons. The maximum absolute atomic E-state index is 15.2. The maximum atomic E-state index is 15.2. The number of aryl methyl sites for hydroxylation is 2. The van der Waals surface area contributed by atoms with E-state index >= 15 is 8.78 Å². The van der Waals surface area contributed by atoms with Crippen molar-refractivity contribution >= 4 is 23.2 Å². The second-order valence-electron chi connectivity index (χ2n) is 19.7. The van der Waals surface area contributed by atoms with Gasteiger partial charge in [0.2, 0.25) is 11.8 Å². The van der Waals surface area contributed by atoms with Crippen molar-refractivity contribution in [2.75, 3.05) is 55.7 Å². The minimum absolute atomic E-state index is 0.0979. The number of piperidine rings is 1. The normalized spacial score (nSPS) is 20.6. The van der Waals surface area contributed by atoms with Crippen molar-refractivity contribution in [3.63, 3.8) is 0 Å². The van der Waals surface area contributed by atoms with E-state index in [4.69, 9.17) is 4.74 Å². The van der Waals surface area contributed by atoms with Crippen LogP contribution in [-0.4, -0.2) is 93.2 Å². The minimum Gasteiger partial charge on any atom is -0.381 e. The van der Waals surface area contributed by atoms with Crippen LogP contribution in [-0.2, 0) is 52.3 Å². The number of aromatic nitrogens is 4. The molecule has 2 amide bonds. The largest absolute Gasteiger partial charge is 0.381 e. The molecule has 2 spiro atoms. The number of para-hydroxylation sites is 2. The SMILES string of the molecule is CC(C)CN1CCC2(C1)C(=O)N(Cc1ccc(-c3cnn(C)c3)cc1F)c1ccccc12.Cn1cc(-c2ccc(CN3C(=O)C4(CCN(C5CCOCC5)CC4)c4ccccc43)c(F)c2)cn1. The fourth-order valence-corrected chi connectivity index (χ4v) is 11.5. The van der Waals surface area contributed by atoms with E-state index in [2.05, 4.69) is 46.0 Å². The molecular weight excluding hydrogens is 847 g/mol. The molecule has 11 rings (SSSR count). The van der Waals surface area contributed by atoms with E-state index in [9.17, 15) is 9.59 Å². The average molecular weight is 907 g/mol. The van der Waals surface area contributed by atoms with E-state index in [1.54, 1.807) is 44.9 Å². The quantitative estimate of drug-likeness (QED) is 0.144.